The van der Waals surface area contributed by atoms with Crippen molar-refractivity contribution in [3.63, 3.8) is 0 Å². The Morgan fingerprint density at radius 2 is 1.83 bits per heavy atom. The highest BCUT2D eigenvalue weighted by Gasteiger charge is 2.38. The lowest BCUT2D eigenvalue weighted by Crippen LogP contribution is -2.60. The Hall–Kier alpha value is -3.41. The number of piperidine rings is 1. The number of tetrazole rings is 1. The maximum atomic E-state index is 15.1. The molecule has 3 N–H and O–H groups in total. The van der Waals surface area contributed by atoms with Crippen molar-refractivity contribution in [1.82, 2.24) is 35.1 Å². The fourth-order valence-electron chi connectivity index (χ4n) is 5.27. The Bertz CT molecular complexity index is 1370. The number of halogens is 2. The SMILES string of the molecule is [2H]Cn1nnn(-c2cc(Nc3ncc(F)c(NC4CC(C)(C)NC(C)(C)C4)n3)c(F)cc2C2CC2)c1=O. The number of nitrogens with one attached hydrogen (secondary N) is 3. The van der Waals surface area contributed by atoms with Crippen LogP contribution in [0.4, 0.5) is 26.2 Å². The first kappa shape index (κ1) is 23.0. The van der Waals surface area contributed by atoms with Crippen LogP contribution in [0.5, 0.6) is 0 Å². The van der Waals surface area contributed by atoms with Crippen LogP contribution in [0.25, 0.3) is 5.69 Å². The Labute approximate surface area is 208 Å². The monoisotopic (exact) mass is 500 g/mol. The molecule has 0 amide bonds. The van der Waals surface area contributed by atoms with Crippen molar-refractivity contribution in [2.45, 2.75) is 76.4 Å². The van der Waals surface area contributed by atoms with Gasteiger partial charge in [0.2, 0.25) is 5.95 Å². The predicted octanol–water partition coefficient (Wildman–Crippen LogP) is 3.38. The summed E-state index contributed by atoms with van der Waals surface area (Å²) in [5, 5.41) is 17.2. The van der Waals surface area contributed by atoms with Crippen LogP contribution in [-0.2, 0) is 7.02 Å². The largest absolute Gasteiger partial charge is 0.368 e. The van der Waals surface area contributed by atoms with Gasteiger partial charge in [0.1, 0.15) is 5.82 Å². The Morgan fingerprint density at radius 1 is 1.11 bits per heavy atom. The fraction of sp³-hybridized carbons (Fsp3) is 0.542. The number of anilines is 3. The minimum Gasteiger partial charge on any atom is -0.365 e. The van der Waals surface area contributed by atoms with Crippen molar-refractivity contribution in [2.75, 3.05) is 10.6 Å². The molecule has 5 rings (SSSR count). The number of hydrogen-bond acceptors (Lipinski definition) is 8. The molecule has 2 fully saturated rings. The van der Waals surface area contributed by atoms with Crippen molar-refractivity contribution in [1.29, 1.82) is 0 Å². The highest BCUT2D eigenvalue weighted by atomic mass is 19.1. The van der Waals surface area contributed by atoms with E-state index in [1.54, 1.807) is 0 Å². The van der Waals surface area contributed by atoms with Crippen LogP contribution >= 0.6 is 0 Å². The third kappa shape index (κ3) is 4.95. The van der Waals surface area contributed by atoms with Gasteiger partial charge < -0.3 is 16.0 Å². The molecule has 0 bridgehead atoms. The maximum Gasteiger partial charge on any atom is 0.368 e. The summed E-state index contributed by atoms with van der Waals surface area (Å²) in [5.74, 6) is -1.02. The molecule has 1 aromatic carbocycles. The van der Waals surface area contributed by atoms with Crippen LogP contribution in [-0.4, -0.2) is 46.9 Å². The molecule has 0 spiro atoms. The number of nitrogens with zero attached hydrogens (tertiary/aromatic N) is 6. The summed E-state index contributed by atoms with van der Waals surface area (Å²) in [7, 11) is -0.380. The highest BCUT2D eigenvalue weighted by molar-refractivity contribution is 5.62. The van der Waals surface area contributed by atoms with Crippen LogP contribution in [0, 0.1) is 11.6 Å². The number of hydrogen-bond donors (Lipinski definition) is 3. The summed E-state index contributed by atoms with van der Waals surface area (Å²) in [4.78, 5) is 20.9. The van der Waals surface area contributed by atoms with E-state index in [0.29, 0.717) is 11.3 Å². The van der Waals surface area contributed by atoms with Crippen molar-refractivity contribution in [2.24, 2.45) is 7.02 Å². The minimum absolute atomic E-state index is 0.00235. The average molecular weight is 501 g/mol. The molecule has 1 saturated heterocycles. The van der Waals surface area contributed by atoms with E-state index in [4.69, 9.17) is 1.37 Å². The van der Waals surface area contributed by atoms with E-state index in [0.717, 1.165) is 41.2 Å². The molecule has 1 saturated carbocycles. The number of aryl methyl sites for hydroxylation is 1. The third-order valence-electron chi connectivity index (χ3n) is 6.52. The lowest BCUT2D eigenvalue weighted by Gasteiger charge is -2.46. The zero-order chi connectivity index (χ0) is 26.5. The number of rotatable bonds is 6. The van der Waals surface area contributed by atoms with Gasteiger partial charge in [0.25, 0.3) is 0 Å². The van der Waals surface area contributed by atoms with E-state index in [1.165, 1.54) is 12.1 Å². The molecule has 12 heteroatoms. The molecule has 0 atom stereocenters. The second-order valence-corrected chi connectivity index (χ2v) is 11.0. The fourth-order valence-corrected chi connectivity index (χ4v) is 5.27. The topological polar surface area (TPSA) is 115 Å². The Kier molecular flexibility index (Phi) is 5.51. The van der Waals surface area contributed by atoms with Gasteiger partial charge in [-0.1, -0.05) is 0 Å². The highest BCUT2D eigenvalue weighted by Crippen LogP contribution is 2.44. The van der Waals surface area contributed by atoms with E-state index in [-0.39, 0.29) is 47.5 Å². The average Bonchev–Trinajstić information content (AvgIpc) is 3.57. The van der Waals surface area contributed by atoms with Crippen LogP contribution < -0.4 is 21.6 Å². The maximum absolute atomic E-state index is 15.1. The van der Waals surface area contributed by atoms with Crippen molar-refractivity contribution >= 4 is 17.5 Å². The first-order chi connectivity index (χ1) is 17.4. The van der Waals surface area contributed by atoms with Crippen LogP contribution in [0.3, 0.4) is 0 Å². The van der Waals surface area contributed by atoms with Gasteiger partial charge in [-0.3, -0.25) is 0 Å². The van der Waals surface area contributed by atoms with E-state index in [2.05, 4.69) is 64.0 Å². The lowest BCUT2D eigenvalue weighted by molar-refractivity contribution is 0.170. The molecular formula is C24H31F2N9O. The first-order valence-electron chi connectivity index (χ1n) is 12.7. The molecule has 0 unspecified atom stereocenters. The van der Waals surface area contributed by atoms with E-state index in [1.807, 2.05) is 0 Å². The lowest BCUT2D eigenvalue weighted by atomic mass is 9.79. The second kappa shape index (κ2) is 8.61. The van der Waals surface area contributed by atoms with Crippen molar-refractivity contribution in [3.8, 4) is 5.69 Å². The van der Waals surface area contributed by atoms with Gasteiger partial charge in [-0.15, -0.1) is 0 Å². The van der Waals surface area contributed by atoms with Gasteiger partial charge in [-0.25, -0.2) is 18.6 Å². The summed E-state index contributed by atoms with van der Waals surface area (Å²) < 4.78 is 39.2. The number of aromatic nitrogens is 6. The first-order valence-corrected chi connectivity index (χ1v) is 12.0. The van der Waals surface area contributed by atoms with Gasteiger partial charge in [0, 0.05) is 25.5 Å². The van der Waals surface area contributed by atoms with Gasteiger partial charge >= 0.3 is 5.69 Å². The van der Waals surface area contributed by atoms with E-state index < -0.39 is 17.3 Å². The summed E-state index contributed by atoms with van der Waals surface area (Å²) in [5.41, 5.74) is 0.135. The molecule has 10 nitrogen and oxygen atoms in total. The summed E-state index contributed by atoms with van der Waals surface area (Å²) in [6, 6.07) is 2.78. The summed E-state index contributed by atoms with van der Waals surface area (Å²) in [6.45, 7) is 8.41. The van der Waals surface area contributed by atoms with Crippen LogP contribution in [0.15, 0.2) is 23.1 Å². The number of benzene rings is 1. The van der Waals surface area contributed by atoms with Crippen molar-refractivity contribution < 1.29 is 10.2 Å². The molecule has 3 heterocycles. The molecule has 2 aliphatic rings. The molecule has 3 aromatic rings. The molecule has 192 valence electrons. The van der Waals surface area contributed by atoms with Gasteiger partial charge in [-0.05, 0) is 87.4 Å². The van der Waals surface area contributed by atoms with E-state index in [9.17, 15) is 9.18 Å². The standard InChI is InChI=1S/C24H31F2N9O/c1-23(2)10-14(11-24(3,4)31-23)28-20-17(26)12-27-21(30-20)29-18-9-19(35-22(36)34(5)32-33-35)15(8-16(18)25)13-6-7-13/h8-9,12-14,31H,6-7,10-11H2,1-5H3,(H2,27,28,29,30)/i5D. The Morgan fingerprint density at radius 3 is 2.47 bits per heavy atom. The Balaban J connectivity index is 1.44. The normalized spacial score (nSPS) is 19.7. The predicted molar refractivity (Wildman–Crippen MR) is 132 cm³/mol. The van der Waals surface area contributed by atoms with Gasteiger partial charge in [-0.2, -0.15) is 14.3 Å². The molecule has 2 aromatic heterocycles. The van der Waals surface area contributed by atoms with Crippen LogP contribution in [0.2, 0.25) is 0 Å². The van der Waals surface area contributed by atoms with Gasteiger partial charge in [0.05, 0.1) is 17.6 Å². The minimum atomic E-state index is -0.608. The smallest absolute Gasteiger partial charge is 0.365 e. The quantitative estimate of drug-likeness (QED) is 0.472. The van der Waals surface area contributed by atoms with Crippen molar-refractivity contribution in [3.05, 3.63) is 46.0 Å². The summed E-state index contributed by atoms with van der Waals surface area (Å²) >= 11 is 0. The molecular weight excluding hydrogens is 468 g/mol. The molecule has 36 heavy (non-hydrogen) atoms. The molecule has 0 radical (unpaired) electrons. The van der Waals surface area contributed by atoms with Gasteiger partial charge in [0.15, 0.2) is 11.6 Å². The molecule has 1 aliphatic heterocycles. The third-order valence-corrected chi connectivity index (χ3v) is 6.52. The second-order valence-electron chi connectivity index (χ2n) is 11.0. The molecule has 1 aliphatic carbocycles. The van der Waals surface area contributed by atoms with Crippen LogP contribution in [0.1, 0.15) is 66.2 Å². The zero-order valence-electron chi connectivity index (χ0n) is 21.8. The summed E-state index contributed by atoms with van der Waals surface area (Å²) in [6.07, 6.45) is 4.31. The van der Waals surface area contributed by atoms with E-state index >= 15 is 4.39 Å². The zero-order valence-corrected chi connectivity index (χ0v) is 20.8.